The first kappa shape index (κ1) is 15.4. The normalized spacial score (nSPS) is 17.4. The number of nitrogens with one attached hydrogen (secondary N) is 1. The maximum atomic E-state index is 10.1. The van der Waals surface area contributed by atoms with Gasteiger partial charge in [-0.15, -0.1) is 0 Å². The van der Waals surface area contributed by atoms with Crippen molar-refractivity contribution in [2.24, 2.45) is 0 Å². The lowest BCUT2D eigenvalue weighted by atomic mass is 9.94. The fraction of sp³-hybridized carbons (Fsp3) is 0.333. The lowest BCUT2D eigenvalue weighted by Crippen LogP contribution is -2.42. The van der Waals surface area contributed by atoms with Gasteiger partial charge in [0.05, 0.1) is 21.7 Å². The first-order chi connectivity index (χ1) is 11.5. The number of piperidine rings is 1. The van der Waals surface area contributed by atoms with Crippen LogP contribution in [0.1, 0.15) is 19.8 Å². The molecule has 1 fully saturated rings. The highest BCUT2D eigenvalue weighted by molar-refractivity contribution is 6.33. The van der Waals surface area contributed by atoms with Crippen molar-refractivity contribution in [1.29, 1.82) is 0 Å². The Hall–Kier alpha value is -2.11. The van der Waals surface area contributed by atoms with E-state index in [0.29, 0.717) is 5.02 Å². The Balaban J connectivity index is 1.69. The summed E-state index contributed by atoms with van der Waals surface area (Å²) in [7, 11) is 0. The summed E-state index contributed by atoms with van der Waals surface area (Å²) in [5, 5.41) is 10.7. The number of hydrogen-bond donors (Lipinski definition) is 2. The number of fused-ring (bicyclic) bond motifs is 1. The lowest BCUT2D eigenvalue weighted by Gasteiger charge is -2.36. The van der Waals surface area contributed by atoms with Crippen molar-refractivity contribution >= 4 is 28.5 Å². The Morgan fingerprint density at radius 2 is 2.00 bits per heavy atom. The number of nitrogens with zero attached hydrogens (tertiary/aromatic N) is 3. The van der Waals surface area contributed by atoms with Crippen LogP contribution in [-0.4, -0.2) is 38.7 Å². The van der Waals surface area contributed by atoms with Crippen molar-refractivity contribution in [2.75, 3.05) is 18.0 Å². The number of para-hydroxylation sites is 2. The highest BCUT2D eigenvalue weighted by Gasteiger charge is 2.28. The molecule has 6 heteroatoms. The number of rotatable bonds is 2. The fourth-order valence-electron chi connectivity index (χ4n) is 3.08. The van der Waals surface area contributed by atoms with Gasteiger partial charge in [-0.1, -0.05) is 23.7 Å². The zero-order chi connectivity index (χ0) is 16.7. The van der Waals surface area contributed by atoms with Gasteiger partial charge < -0.3 is 15.0 Å². The third-order valence-electron chi connectivity index (χ3n) is 4.65. The van der Waals surface area contributed by atoms with Crippen molar-refractivity contribution in [2.45, 2.75) is 25.4 Å². The SMILES string of the molecule is CC1(O)CCN(c2cc(-c3nc4ccccc4[nH]3)c(Cl)cn2)CC1. The van der Waals surface area contributed by atoms with Gasteiger partial charge >= 0.3 is 0 Å². The molecule has 1 saturated heterocycles. The Morgan fingerprint density at radius 1 is 1.25 bits per heavy atom. The van der Waals surface area contributed by atoms with Crippen LogP contribution in [0.4, 0.5) is 5.82 Å². The predicted octanol–water partition coefficient (Wildman–Crippen LogP) is 3.63. The molecule has 0 amide bonds. The van der Waals surface area contributed by atoms with Gasteiger partial charge in [0.1, 0.15) is 11.6 Å². The maximum absolute atomic E-state index is 10.1. The second-order valence-corrected chi connectivity index (χ2v) is 7.02. The van der Waals surface area contributed by atoms with E-state index in [4.69, 9.17) is 11.6 Å². The van der Waals surface area contributed by atoms with E-state index in [1.165, 1.54) is 0 Å². The predicted molar refractivity (Wildman–Crippen MR) is 96.4 cm³/mol. The second kappa shape index (κ2) is 5.76. The van der Waals surface area contributed by atoms with Gasteiger partial charge in [-0.3, -0.25) is 0 Å². The zero-order valence-corrected chi connectivity index (χ0v) is 14.2. The molecule has 3 aromatic rings. The van der Waals surface area contributed by atoms with Crippen LogP contribution in [0.5, 0.6) is 0 Å². The zero-order valence-electron chi connectivity index (χ0n) is 13.5. The van der Waals surface area contributed by atoms with Crippen molar-refractivity contribution in [3.8, 4) is 11.4 Å². The number of imidazole rings is 1. The molecule has 2 N–H and O–H groups in total. The van der Waals surface area contributed by atoms with E-state index in [2.05, 4.69) is 19.9 Å². The van der Waals surface area contributed by atoms with Gasteiger partial charge in [-0.05, 0) is 38.0 Å². The van der Waals surface area contributed by atoms with Crippen LogP contribution in [0.15, 0.2) is 36.5 Å². The molecular formula is C18H19ClN4O. The molecule has 0 bridgehead atoms. The topological polar surface area (TPSA) is 65.0 Å². The molecule has 0 aliphatic carbocycles. The van der Waals surface area contributed by atoms with Gasteiger partial charge in [-0.2, -0.15) is 0 Å². The monoisotopic (exact) mass is 342 g/mol. The Kier molecular flexibility index (Phi) is 3.70. The number of anilines is 1. The molecule has 3 heterocycles. The number of hydrogen-bond acceptors (Lipinski definition) is 4. The molecule has 0 radical (unpaired) electrons. The van der Waals surface area contributed by atoms with Gasteiger partial charge in [0.2, 0.25) is 0 Å². The van der Waals surface area contributed by atoms with Crippen LogP contribution in [0.3, 0.4) is 0 Å². The smallest absolute Gasteiger partial charge is 0.140 e. The summed E-state index contributed by atoms with van der Waals surface area (Å²) < 4.78 is 0. The van der Waals surface area contributed by atoms with Crippen molar-refractivity contribution in [3.05, 3.63) is 41.6 Å². The number of aliphatic hydroxyl groups is 1. The number of benzene rings is 1. The Bertz CT molecular complexity index is 847. The molecule has 1 aliphatic rings. The summed E-state index contributed by atoms with van der Waals surface area (Å²) in [4.78, 5) is 14.6. The number of aromatic amines is 1. The Morgan fingerprint density at radius 3 is 2.75 bits per heavy atom. The van der Waals surface area contributed by atoms with E-state index >= 15 is 0 Å². The molecule has 0 unspecified atom stereocenters. The van der Waals surface area contributed by atoms with E-state index < -0.39 is 5.60 Å². The Labute approximate surface area is 145 Å². The molecular weight excluding hydrogens is 324 g/mol. The summed E-state index contributed by atoms with van der Waals surface area (Å²) >= 11 is 6.36. The minimum atomic E-state index is -0.579. The van der Waals surface area contributed by atoms with Gasteiger partial charge in [-0.25, -0.2) is 9.97 Å². The van der Waals surface area contributed by atoms with E-state index in [0.717, 1.165) is 54.2 Å². The van der Waals surface area contributed by atoms with Crippen LogP contribution in [0, 0.1) is 0 Å². The largest absolute Gasteiger partial charge is 0.390 e. The molecule has 0 atom stereocenters. The summed E-state index contributed by atoms with van der Waals surface area (Å²) in [6.45, 7) is 3.45. The minimum Gasteiger partial charge on any atom is -0.390 e. The lowest BCUT2D eigenvalue weighted by molar-refractivity contribution is 0.0350. The van der Waals surface area contributed by atoms with Crippen LogP contribution < -0.4 is 4.90 Å². The highest BCUT2D eigenvalue weighted by atomic mass is 35.5. The van der Waals surface area contributed by atoms with E-state index in [-0.39, 0.29) is 0 Å². The molecule has 0 spiro atoms. The van der Waals surface area contributed by atoms with Gasteiger partial charge in [0.15, 0.2) is 0 Å². The number of pyridine rings is 1. The quantitative estimate of drug-likeness (QED) is 0.746. The minimum absolute atomic E-state index is 0.571. The van der Waals surface area contributed by atoms with E-state index in [9.17, 15) is 5.11 Å². The number of halogens is 1. The van der Waals surface area contributed by atoms with E-state index in [1.807, 2.05) is 37.3 Å². The van der Waals surface area contributed by atoms with Gasteiger partial charge in [0, 0.05) is 24.8 Å². The molecule has 24 heavy (non-hydrogen) atoms. The molecule has 124 valence electrons. The first-order valence-electron chi connectivity index (χ1n) is 8.10. The average Bonchev–Trinajstić information content (AvgIpc) is 2.99. The maximum Gasteiger partial charge on any atom is 0.140 e. The summed E-state index contributed by atoms with van der Waals surface area (Å²) in [6.07, 6.45) is 3.14. The summed E-state index contributed by atoms with van der Waals surface area (Å²) in [5.74, 6) is 1.61. The van der Waals surface area contributed by atoms with Crippen molar-refractivity contribution in [1.82, 2.24) is 15.0 Å². The molecule has 1 aliphatic heterocycles. The number of aromatic nitrogens is 3. The van der Waals surface area contributed by atoms with Crippen molar-refractivity contribution in [3.63, 3.8) is 0 Å². The number of H-pyrrole nitrogens is 1. The van der Waals surface area contributed by atoms with Crippen LogP contribution in [-0.2, 0) is 0 Å². The van der Waals surface area contributed by atoms with E-state index in [1.54, 1.807) is 6.20 Å². The molecule has 1 aromatic carbocycles. The molecule has 5 nitrogen and oxygen atoms in total. The van der Waals surface area contributed by atoms with Gasteiger partial charge in [0.25, 0.3) is 0 Å². The third kappa shape index (κ3) is 2.85. The standard InChI is InChI=1S/C18H19ClN4O/c1-18(24)6-8-23(9-7-18)16-10-12(13(19)11-20-16)17-21-14-4-2-3-5-15(14)22-17/h2-5,10-11,24H,6-9H2,1H3,(H,21,22). The highest BCUT2D eigenvalue weighted by Crippen LogP contribution is 2.32. The van der Waals surface area contributed by atoms with Crippen molar-refractivity contribution < 1.29 is 5.11 Å². The van der Waals surface area contributed by atoms with Crippen LogP contribution >= 0.6 is 11.6 Å². The third-order valence-corrected chi connectivity index (χ3v) is 4.95. The first-order valence-corrected chi connectivity index (χ1v) is 8.48. The summed E-state index contributed by atoms with van der Waals surface area (Å²) in [5.41, 5.74) is 2.16. The molecule has 0 saturated carbocycles. The molecule has 4 rings (SSSR count). The summed E-state index contributed by atoms with van der Waals surface area (Å²) in [6, 6.07) is 9.88. The average molecular weight is 343 g/mol. The van der Waals surface area contributed by atoms with Crippen LogP contribution in [0.25, 0.3) is 22.4 Å². The van der Waals surface area contributed by atoms with Crippen LogP contribution in [0.2, 0.25) is 5.02 Å². The second-order valence-electron chi connectivity index (χ2n) is 6.61. The molecule has 2 aromatic heterocycles. The fourth-order valence-corrected chi connectivity index (χ4v) is 3.27.